The molecule has 0 spiro atoms. The Kier molecular flexibility index (Phi) is 11.3. The lowest BCUT2D eigenvalue weighted by Crippen LogP contribution is -2.03. The van der Waals surface area contributed by atoms with E-state index in [1.807, 2.05) is 42.5 Å². The number of para-hydroxylation sites is 5. The molecule has 0 amide bonds. The molecule has 380 valence electrons. The molecule has 1 aliphatic carbocycles. The van der Waals surface area contributed by atoms with Gasteiger partial charge in [0.05, 0.1) is 27.9 Å². The Morgan fingerprint density at radius 3 is 1.80 bits per heavy atom. The summed E-state index contributed by atoms with van der Waals surface area (Å²) >= 11 is 0. The highest BCUT2D eigenvalue weighted by Crippen LogP contribution is 2.43. The highest BCUT2D eigenvalue weighted by molar-refractivity contribution is 6.15. The SMILES string of the molecule is C1=Cc2c(n(-c3ccc4c(c3)c3cccc(-c5cccc(-c6cccc(-c7cccc8c7oc7ccccc78)c6)c5)c3n4-c3cc(-c4ccc5c(c4)oc4ccccc45)nc(-c4ccccc4)n3)c3ccccc23)C=CC1.CCC. The van der Waals surface area contributed by atoms with Gasteiger partial charge in [0.2, 0.25) is 0 Å². The standard InChI is InChI=1S/C71H44N4O2.C3H8/c1-3-17-44(18-4-1)71-72-61(49-35-37-57-55-25-8-11-33-65(55)76-67(57)41-49)43-68(73-71)75-64-38-36-50(74-62-31-6-2-5-23-53(62)54-24-7-10-32-63(54)74)42-60(64)58-29-15-27-51(69(58)75)47-21-13-19-45(39-47)46-20-14-22-48(40-46)52-28-16-30-59-56-26-9-12-34-66(56)77-70(52)59;1-3-2/h1,3-43H,2H2;3H2,1-2H3. The molecule has 10 aromatic carbocycles. The lowest BCUT2D eigenvalue weighted by atomic mass is 9.95. The fourth-order valence-electron chi connectivity index (χ4n) is 12.0. The van der Waals surface area contributed by atoms with E-state index in [2.05, 4.69) is 235 Å². The van der Waals surface area contributed by atoms with Crippen LogP contribution in [0.15, 0.2) is 252 Å². The van der Waals surface area contributed by atoms with Crippen molar-refractivity contribution in [1.29, 1.82) is 0 Å². The smallest absolute Gasteiger partial charge is 0.162 e. The summed E-state index contributed by atoms with van der Waals surface area (Å²) in [5.74, 6) is 1.39. The van der Waals surface area contributed by atoms with Crippen LogP contribution < -0.4 is 0 Å². The maximum absolute atomic E-state index is 6.52. The van der Waals surface area contributed by atoms with Crippen LogP contribution in [0.3, 0.4) is 0 Å². The van der Waals surface area contributed by atoms with E-state index < -0.39 is 0 Å². The van der Waals surface area contributed by atoms with Gasteiger partial charge >= 0.3 is 0 Å². The highest BCUT2D eigenvalue weighted by atomic mass is 16.3. The number of furan rings is 2. The van der Waals surface area contributed by atoms with Gasteiger partial charge in [-0.15, -0.1) is 0 Å². The van der Waals surface area contributed by atoms with E-state index in [0.717, 1.165) is 134 Å². The normalized spacial score (nSPS) is 12.3. The first kappa shape index (κ1) is 47.0. The number of aromatic nitrogens is 4. The van der Waals surface area contributed by atoms with Crippen LogP contribution in [0, 0.1) is 0 Å². The molecule has 0 aliphatic heterocycles. The maximum Gasteiger partial charge on any atom is 0.162 e. The van der Waals surface area contributed by atoms with Crippen molar-refractivity contribution < 1.29 is 8.83 Å². The Labute approximate surface area is 462 Å². The fourth-order valence-corrected chi connectivity index (χ4v) is 12.0. The Morgan fingerprint density at radius 2 is 1.00 bits per heavy atom. The van der Waals surface area contributed by atoms with E-state index in [1.165, 1.54) is 28.6 Å². The number of hydrogen-bond acceptors (Lipinski definition) is 4. The zero-order valence-corrected chi connectivity index (χ0v) is 44.3. The molecule has 0 radical (unpaired) electrons. The lowest BCUT2D eigenvalue weighted by Gasteiger charge is -2.15. The number of rotatable bonds is 7. The van der Waals surface area contributed by atoms with E-state index in [4.69, 9.17) is 18.8 Å². The fraction of sp³-hybridized carbons (Fsp3) is 0.0541. The van der Waals surface area contributed by atoms with Crippen LogP contribution in [0.25, 0.3) is 156 Å². The van der Waals surface area contributed by atoms with Gasteiger partial charge in [-0.2, -0.15) is 0 Å². The predicted octanol–water partition coefficient (Wildman–Crippen LogP) is 20.5. The Bertz CT molecular complexity index is 4990. The van der Waals surface area contributed by atoms with Gasteiger partial charge < -0.3 is 13.4 Å². The first-order chi connectivity index (χ1) is 39.6. The molecule has 15 aromatic rings. The first-order valence-corrected chi connectivity index (χ1v) is 27.6. The van der Waals surface area contributed by atoms with Crippen molar-refractivity contribution in [1.82, 2.24) is 19.1 Å². The van der Waals surface area contributed by atoms with Crippen molar-refractivity contribution in [2.75, 3.05) is 0 Å². The van der Waals surface area contributed by atoms with Gasteiger partial charge in [0.1, 0.15) is 28.1 Å². The summed E-state index contributed by atoms with van der Waals surface area (Å²) in [6.45, 7) is 4.25. The second kappa shape index (κ2) is 19.3. The van der Waals surface area contributed by atoms with Crippen molar-refractivity contribution in [2.24, 2.45) is 0 Å². The quantitative estimate of drug-likeness (QED) is 0.160. The van der Waals surface area contributed by atoms with Gasteiger partial charge in [-0.05, 0) is 95.4 Å². The van der Waals surface area contributed by atoms with Gasteiger partial charge in [-0.25, -0.2) is 9.97 Å². The molecule has 0 bridgehead atoms. The van der Waals surface area contributed by atoms with Crippen LogP contribution in [-0.2, 0) is 0 Å². The van der Waals surface area contributed by atoms with Crippen molar-refractivity contribution in [2.45, 2.75) is 26.7 Å². The molecule has 0 unspecified atom stereocenters. The predicted molar refractivity (Wildman–Crippen MR) is 334 cm³/mol. The van der Waals surface area contributed by atoms with Crippen molar-refractivity contribution in [3.8, 4) is 67.5 Å². The van der Waals surface area contributed by atoms with Gasteiger partial charge in [-0.3, -0.25) is 4.57 Å². The largest absolute Gasteiger partial charge is 0.456 e. The molecule has 6 nitrogen and oxygen atoms in total. The third-order valence-corrected chi connectivity index (χ3v) is 15.5. The lowest BCUT2D eigenvalue weighted by molar-refractivity contribution is 0.669. The number of allylic oxidation sites excluding steroid dienone is 2. The van der Waals surface area contributed by atoms with E-state index in [0.29, 0.717) is 5.82 Å². The van der Waals surface area contributed by atoms with Gasteiger partial charge in [0.15, 0.2) is 5.82 Å². The molecule has 6 heteroatoms. The summed E-state index contributed by atoms with van der Waals surface area (Å²) in [5.41, 5.74) is 19.5. The summed E-state index contributed by atoms with van der Waals surface area (Å²) in [6.07, 6.45) is 11.2. The van der Waals surface area contributed by atoms with Crippen LogP contribution >= 0.6 is 0 Å². The number of benzene rings is 10. The Morgan fingerprint density at radius 1 is 0.400 bits per heavy atom. The van der Waals surface area contributed by atoms with Crippen molar-refractivity contribution >= 4 is 88.7 Å². The molecule has 1 aliphatic rings. The van der Waals surface area contributed by atoms with E-state index >= 15 is 0 Å². The number of nitrogens with zero attached hydrogens (tertiary/aromatic N) is 4. The monoisotopic (exact) mass is 1030 g/mol. The molecular formula is C74H52N4O2. The molecule has 0 N–H and O–H groups in total. The van der Waals surface area contributed by atoms with Crippen LogP contribution in [0.4, 0.5) is 0 Å². The van der Waals surface area contributed by atoms with E-state index in [1.54, 1.807) is 0 Å². The zero-order chi connectivity index (χ0) is 53.3. The van der Waals surface area contributed by atoms with Crippen LogP contribution in [0.5, 0.6) is 0 Å². The minimum absolute atomic E-state index is 0.633. The van der Waals surface area contributed by atoms with E-state index in [9.17, 15) is 0 Å². The van der Waals surface area contributed by atoms with E-state index in [-0.39, 0.29) is 0 Å². The Balaban J connectivity index is 0.00000180. The van der Waals surface area contributed by atoms with Crippen LogP contribution in [0.1, 0.15) is 37.9 Å². The molecular weight excluding hydrogens is 977 g/mol. The molecule has 0 saturated heterocycles. The summed E-state index contributed by atoms with van der Waals surface area (Å²) in [4.78, 5) is 10.8. The average Bonchev–Trinajstić information content (AvgIpc) is 4.27. The maximum atomic E-state index is 6.52. The molecule has 0 fully saturated rings. The molecule has 0 atom stereocenters. The second-order valence-electron chi connectivity index (χ2n) is 20.7. The number of fused-ring (bicyclic) bond motifs is 12. The molecule has 16 rings (SSSR count). The third-order valence-electron chi connectivity index (χ3n) is 15.5. The summed E-state index contributed by atoms with van der Waals surface area (Å²) in [5, 5.41) is 7.87. The molecule has 5 heterocycles. The molecule has 80 heavy (non-hydrogen) atoms. The highest BCUT2D eigenvalue weighted by Gasteiger charge is 2.23. The molecule has 0 saturated carbocycles. The minimum atomic E-state index is 0.633. The Hall–Kier alpha value is -10.3. The van der Waals surface area contributed by atoms with Crippen LogP contribution in [-0.4, -0.2) is 19.1 Å². The summed E-state index contributed by atoms with van der Waals surface area (Å²) < 4.78 is 17.8. The topological polar surface area (TPSA) is 61.9 Å². The molecule has 5 aromatic heterocycles. The van der Waals surface area contributed by atoms with Crippen LogP contribution in [0.2, 0.25) is 0 Å². The van der Waals surface area contributed by atoms with Gasteiger partial charge in [0, 0.05) is 77.3 Å². The first-order valence-electron chi connectivity index (χ1n) is 27.6. The van der Waals surface area contributed by atoms with Gasteiger partial charge in [0.25, 0.3) is 0 Å². The zero-order valence-electron chi connectivity index (χ0n) is 44.3. The van der Waals surface area contributed by atoms with Crippen molar-refractivity contribution in [3.63, 3.8) is 0 Å². The average molecular weight is 1030 g/mol. The summed E-state index contributed by atoms with van der Waals surface area (Å²) in [6, 6.07) is 81.9. The van der Waals surface area contributed by atoms with Crippen molar-refractivity contribution in [3.05, 3.63) is 254 Å². The summed E-state index contributed by atoms with van der Waals surface area (Å²) in [7, 11) is 0. The third kappa shape index (κ3) is 7.78. The van der Waals surface area contributed by atoms with Gasteiger partial charge in [-0.1, -0.05) is 202 Å². The second-order valence-corrected chi connectivity index (χ2v) is 20.7. The minimum Gasteiger partial charge on any atom is -0.456 e. The number of hydrogen-bond donors (Lipinski definition) is 0.